The van der Waals surface area contributed by atoms with Crippen molar-refractivity contribution in [3.05, 3.63) is 29.7 Å². The highest BCUT2D eigenvalue weighted by molar-refractivity contribution is 6.16. The summed E-state index contributed by atoms with van der Waals surface area (Å²) in [5.74, 6) is -0.269. The van der Waals surface area contributed by atoms with Crippen molar-refractivity contribution in [1.82, 2.24) is 4.98 Å². The summed E-state index contributed by atoms with van der Waals surface area (Å²) >= 11 is 0. The lowest BCUT2D eigenvalue weighted by Gasteiger charge is -2.09. The Kier molecular flexibility index (Phi) is 9.85. The minimum atomic E-state index is -0.565. The lowest BCUT2D eigenvalue weighted by atomic mass is 10.1. The van der Waals surface area contributed by atoms with Crippen LogP contribution in [0.15, 0.2) is 18.4 Å². The van der Waals surface area contributed by atoms with Gasteiger partial charge in [0.15, 0.2) is 5.69 Å². The van der Waals surface area contributed by atoms with Crippen molar-refractivity contribution in [1.29, 1.82) is 5.26 Å². The molecule has 0 aliphatic carbocycles. The summed E-state index contributed by atoms with van der Waals surface area (Å²) in [6, 6.07) is 5.07. The monoisotopic (exact) mass is 306 g/mol. The zero-order chi connectivity index (χ0) is 17.0. The highest BCUT2D eigenvalue weighted by Crippen LogP contribution is 2.22. The van der Waals surface area contributed by atoms with E-state index in [1.807, 2.05) is 19.9 Å². The van der Waals surface area contributed by atoms with Crippen LogP contribution < -0.4 is 4.74 Å². The molecule has 0 unspecified atom stereocenters. The predicted octanol–water partition coefficient (Wildman–Crippen LogP) is 2.93. The molecule has 0 radical (unpaired) electrons. The van der Waals surface area contributed by atoms with Crippen LogP contribution in [0.2, 0.25) is 0 Å². The van der Waals surface area contributed by atoms with Crippen LogP contribution in [0.3, 0.4) is 0 Å². The van der Waals surface area contributed by atoms with Gasteiger partial charge in [-0.1, -0.05) is 13.8 Å². The summed E-state index contributed by atoms with van der Waals surface area (Å²) < 4.78 is 15.0. The highest BCUT2D eigenvalue weighted by Gasteiger charge is 2.19. The normalized spacial score (nSPS) is 9.91. The zero-order valence-electron chi connectivity index (χ0n) is 13.7. The topological polar surface area (TPSA) is 81.4 Å². The molecule has 0 saturated carbocycles. The van der Waals surface area contributed by atoms with Crippen molar-refractivity contribution >= 4 is 11.5 Å². The minimum absolute atomic E-state index is 0.0726. The SMILES string of the molecule is CC.CCO/C=C(\C(=O)OCC)c1ccc(OC)nc1C#N. The highest BCUT2D eigenvalue weighted by atomic mass is 16.5. The summed E-state index contributed by atoms with van der Waals surface area (Å²) in [4.78, 5) is 15.9. The average molecular weight is 306 g/mol. The number of esters is 1. The first-order valence-electron chi connectivity index (χ1n) is 7.12. The molecule has 0 spiro atoms. The van der Waals surface area contributed by atoms with Gasteiger partial charge in [-0.2, -0.15) is 5.26 Å². The Morgan fingerprint density at radius 2 is 2.00 bits per heavy atom. The molecule has 0 N–H and O–H groups in total. The van der Waals surface area contributed by atoms with Crippen molar-refractivity contribution in [2.24, 2.45) is 0 Å². The van der Waals surface area contributed by atoms with Crippen LogP contribution in [0.1, 0.15) is 39.0 Å². The zero-order valence-corrected chi connectivity index (χ0v) is 13.7. The van der Waals surface area contributed by atoms with Crippen molar-refractivity contribution < 1.29 is 19.0 Å². The number of carbonyl (C=O) groups is 1. The molecule has 6 nitrogen and oxygen atoms in total. The number of ether oxygens (including phenoxy) is 3. The lowest BCUT2D eigenvalue weighted by Crippen LogP contribution is -2.09. The molecule has 0 bridgehead atoms. The van der Waals surface area contributed by atoms with Gasteiger partial charge in [0.2, 0.25) is 5.88 Å². The molecule has 0 atom stereocenters. The first-order valence-corrected chi connectivity index (χ1v) is 7.12. The maximum Gasteiger partial charge on any atom is 0.341 e. The molecule has 22 heavy (non-hydrogen) atoms. The number of carbonyl (C=O) groups excluding carboxylic acids is 1. The second kappa shape index (κ2) is 11.1. The third-order valence-electron chi connectivity index (χ3n) is 2.34. The molecule has 0 aromatic carbocycles. The largest absolute Gasteiger partial charge is 0.501 e. The first kappa shape index (κ1) is 19.4. The third-order valence-corrected chi connectivity index (χ3v) is 2.34. The van der Waals surface area contributed by atoms with Crippen LogP contribution in [-0.2, 0) is 14.3 Å². The smallest absolute Gasteiger partial charge is 0.341 e. The first-order chi connectivity index (χ1) is 10.7. The quantitative estimate of drug-likeness (QED) is 0.456. The summed E-state index contributed by atoms with van der Waals surface area (Å²) in [6.45, 7) is 8.12. The van der Waals surface area contributed by atoms with E-state index in [4.69, 9.17) is 19.5 Å². The van der Waals surface area contributed by atoms with E-state index in [2.05, 4.69) is 4.98 Å². The fourth-order valence-electron chi connectivity index (χ4n) is 1.45. The van der Waals surface area contributed by atoms with Crippen LogP contribution in [-0.4, -0.2) is 31.3 Å². The molecule has 6 heteroatoms. The van der Waals surface area contributed by atoms with Gasteiger partial charge in [0, 0.05) is 11.6 Å². The number of rotatable bonds is 6. The summed E-state index contributed by atoms with van der Waals surface area (Å²) in [5, 5.41) is 9.14. The second-order valence-electron chi connectivity index (χ2n) is 3.57. The molecule has 120 valence electrons. The van der Waals surface area contributed by atoms with Gasteiger partial charge in [-0.15, -0.1) is 0 Å². The predicted molar refractivity (Wildman–Crippen MR) is 83.1 cm³/mol. The van der Waals surface area contributed by atoms with Crippen LogP contribution >= 0.6 is 0 Å². The van der Waals surface area contributed by atoms with Gasteiger partial charge < -0.3 is 14.2 Å². The molecule has 1 aromatic heterocycles. The van der Waals surface area contributed by atoms with Crippen LogP contribution in [0.4, 0.5) is 0 Å². The summed E-state index contributed by atoms with van der Waals surface area (Å²) in [7, 11) is 1.45. The number of methoxy groups -OCH3 is 1. The lowest BCUT2D eigenvalue weighted by molar-refractivity contribution is -0.136. The Balaban J connectivity index is 0.00000211. The average Bonchev–Trinajstić information content (AvgIpc) is 2.57. The van der Waals surface area contributed by atoms with E-state index < -0.39 is 5.97 Å². The molecule has 0 aliphatic heterocycles. The van der Waals surface area contributed by atoms with E-state index in [-0.39, 0.29) is 17.9 Å². The molecule has 0 aliphatic rings. The number of nitriles is 1. The fourth-order valence-corrected chi connectivity index (χ4v) is 1.45. The van der Waals surface area contributed by atoms with E-state index in [0.29, 0.717) is 18.1 Å². The van der Waals surface area contributed by atoms with E-state index in [1.54, 1.807) is 26.0 Å². The van der Waals surface area contributed by atoms with Gasteiger partial charge in [0.1, 0.15) is 11.6 Å². The second-order valence-corrected chi connectivity index (χ2v) is 3.57. The van der Waals surface area contributed by atoms with E-state index in [9.17, 15) is 4.79 Å². The molecular weight excluding hydrogens is 284 g/mol. The van der Waals surface area contributed by atoms with Crippen molar-refractivity contribution in [2.75, 3.05) is 20.3 Å². The van der Waals surface area contributed by atoms with Crippen molar-refractivity contribution in [3.8, 4) is 11.9 Å². The molecular formula is C16H22N2O4. The standard InChI is InChI=1S/C14H16N2O4.C2H6/c1-4-19-9-11(14(17)20-5-2)10-6-7-13(18-3)16-12(10)8-15;1-2/h6-7,9H,4-5H2,1-3H3;1-2H3/b11-9-;. The van der Waals surface area contributed by atoms with Gasteiger partial charge in [0.05, 0.1) is 26.6 Å². The Hall–Kier alpha value is -2.55. The van der Waals surface area contributed by atoms with E-state index in [0.717, 1.165) is 0 Å². The van der Waals surface area contributed by atoms with Gasteiger partial charge in [-0.05, 0) is 19.9 Å². The Bertz CT molecular complexity index is 548. The van der Waals surface area contributed by atoms with Crippen LogP contribution in [0, 0.1) is 11.3 Å². The third kappa shape index (κ3) is 5.44. The molecule has 1 aromatic rings. The molecule has 1 heterocycles. The Morgan fingerprint density at radius 1 is 1.32 bits per heavy atom. The molecule has 0 amide bonds. The molecule has 1 rings (SSSR count). The van der Waals surface area contributed by atoms with Gasteiger partial charge in [-0.25, -0.2) is 9.78 Å². The summed E-state index contributed by atoms with van der Waals surface area (Å²) in [5.41, 5.74) is 0.573. The maximum absolute atomic E-state index is 11.9. The van der Waals surface area contributed by atoms with Gasteiger partial charge in [0.25, 0.3) is 0 Å². The van der Waals surface area contributed by atoms with Gasteiger partial charge >= 0.3 is 5.97 Å². The van der Waals surface area contributed by atoms with Gasteiger partial charge in [-0.3, -0.25) is 0 Å². The number of hydrogen-bond acceptors (Lipinski definition) is 6. The van der Waals surface area contributed by atoms with Crippen LogP contribution in [0.5, 0.6) is 5.88 Å². The van der Waals surface area contributed by atoms with Crippen LogP contribution in [0.25, 0.3) is 5.57 Å². The number of aromatic nitrogens is 1. The Morgan fingerprint density at radius 3 is 2.50 bits per heavy atom. The maximum atomic E-state index is 11.9. The fraction of sp³-hybridized carbons (Fsp3) is 0.438. The number of nitrogens with zero attached hydrogens (tertiary/aromatic N) is 2. The van der Waals surface area contributed by atoms with E-state index >= 15 is 0 Å². The number of hydrogen-bond donors (Lipinski definition) is 0. The van der Waals surface area contributed by atoms with Crippen molar-refractivity contribution in [3.63, 3.8) is 0 Å². The molecule has 0 fully saturated rings. The van der Waals surface area contributed by atoms with Crippen molar-refractivity contribution in [2.45, 2.75) is 27.7 Å². The number of pyridine rings is 1. The Labute approximate surface area is 131 Å². The summed E-state index contributed by atoms with van der Waals surface area (Å²) in [6.07, 6.45) is 1.28. The van der Waals surface area contributed by atoms with E-state index in [1.165, 1.54) is 13.4 Å². The molecule has 0 saturated heterocycles. The minimum Gasteiger partial charge on any atom is -0.501 e.